The molecule has 3 heterocycles. The number of aromatic nitrogens is 3. The number of nitrogens with two attached hydrogens (primary N) is 1. The molecule has 0 saturated heterocycles. The topological polar surface area (TPSA) is 51.7 Å². The van der Waals surface area contributed by atoms with Crippen molar-refractivity contribution in [1.29, 1.82) is 0 Å². The van der Waals surface area contributed by atoms with Crippen LogP contribution in [-0.4, -0.2) is 14.1 Å². The number of nitrogens with zero attached hydrogens (tertiary/aromatic N) is 2. The largest absolute Gasteiger partial charge is 0.384 e. The fourth-order valence-corrected chi connectivity index (χ4v) is 9.61. The maximum Gasteiger partial charge on any atom is 0.123 e. The number of fused-ring (bicyclic) bond motifs is 8. The van der Waals surface area contributed by atoms with Crippen molar-refractivity contribution in [1.82, 2.24) is 14.1 Å². The van der Waals surface area contributed by atoms with E-state index in [1.54, 1.807) is 0 Å². The lowest BCUT2D eigenvalue weighted by atomic mass is 9.67. The molecule has 0 radical (unpaired) electrons. The minimum Gasteiger partial charge on any atom is -0.384 e. The maximum atomic E-state index is 6.76. The van der Waals surface area contributed by atoms with Crippen molar-refractivity contribution < 1.29 is 0 Å². The van der Waals surface area contributed by atoms with Gasteiger partial charge in [0.25, 0.3) is 0 Å². The summed E-state index contributed by atoms with van der Waals surface area (Å²) in [7, 11) is 0. The van der Waals surface area contributed by atoms with Crippen LogP contribution in [0.4, 0.5) is 5.82 Å². The molecule has 3 aromatic heterocycles. The van der Waals surface area contributed by atoms with Gasteiger partial charge in [0, 0.05) is 44.9 Å². The van der Waals surface area contributed by atoms with Crippen LogP contribution in [0.1, 0.15) is 34.7 Å². The van der Waals surface area contributed by atoms with Crippen molar-refractivity contribution in [3.8, 4) is 33.6 Å². The van der Waals surface area contributed by atoms with E-state index in [0.717, 1.165) is 50.4 Å². The van der Waals surface area contributed by atoms with Crippen LogP contribution < -0.4 is 5.73 Å². The average Bonchev–Trinajstić information content (AvgIpc) is 4.00. The highest BCUT2D eigenvalue weighted by molar-refractivity contribution is 6.15. The minimum atomic E-state index is -0.465. The number of nitrogen functional groups attached to an aromatic ring is 1. The van der Waals surface area contributed by atoms with Gasteiger partial charge in [0.1, 0.15) is 11.5 Å². The van der Waals surface area contributed by atoms with Gasteiger partial charge in [-0.1, -0.05) is 152 Å². The van der Waals surface area contributed by atoms with Crippen molar-refractivity contribution in [2.75, 3.05) is 5.73 Å². The van der Waals surface area contributed by atoms with Gasteiger partial charge < -0.3 is 10.7 Å². The number of para-hydroxylation sites is 1. The van der Waals surface area contributed by atoms with Crippen LogP contribution in [0.15, 0.2) is 188 Å². The third-order valence-corrected chi connectivity index (χ3v) is 11.9. The van der Waals surface area contributed by atoms with Gasteiger partial charge >= 0.3 is 0 Å². The zero-order chi connectivity index (χ0) is 37.4. The molecule has 266 valence electrons. The Balaban J connectivity index is 1.07. The lowest BCUT2D eigenvalue weighted by molar-refractivity contribution is 0.769. The molecule has 0 atom stereocenters. The molecule has 0 aliphatic heterocycles. The summed E-state index contributed by atoms with van der Waals surface area (Å²) in [5.74, 6) is 0.745. The van der Waals surface area contributed by atoms with Crippen LogP contribution in [0.25, 0.3) is 72.5 Å². The van der Waals surface area contributed by atoms with Crippen LogP contribution in [0.5, 0.6) is 0 Å². The molecule has 11 rings (SSSR count). The molecule has 1 aliphatic rings. The van der Waals surface area contributed by atoms with E-state index in [9.17, 15) is 0 Å². The Bertz CT molecular complexity index is 3080. The van der Waals surface area contributed by atoms with Gasteiger partial charge in [-0.2, -0.15) is 0 Å². The summed E-state index contributed by atoms with van der Waals surface area (Å²) in [5, 5.41) is 3.60. The average molecular weight is 719 g/mol. The molecule has 4 heteroatoms. The number of H-pyrrole nitrogens is 1. The van der Waals surface area contributed by atoms with Crippen molar-refractivity contribution in [2.24, 2.45) is 0 Å². The first-order chi connectivity index (χ1) is 27.7. The number of nitrogens with one attached hydrogen (secondary N) is 1. The molecule has 3 N–H and O–H groups in total. The fraction of sp³-hybridized carbons (Fsp3) is 0.0385. The number of hydrogen-bond acceptors (Lipinski definition) is 1. The molecular formula is C52H38N4. The molecule has 0 fully saturated rings. The number of aromatic amines is 1. The van der Waals surface area contributed by atoms with E-state index in [0.29, 0.717) is 0 Å². The Morgan fingerprint density at radius 1 is 0.536 bits per heavy atom. The maximum absolute atomic E-state index is 6.76. The third kappa shape index (κ3) is 4.41. The highest BCUT2D eigenvalue weighted by Gasteiger charge is 2.47. The smallest absolute Gasteiger partial charge is 0.123 e. The van der Waals surface area contributed by atoms with Gasteiger partial charge in [-0.05, 0) is 82.3 Å². The predicted octanol–water partition coefficient (Wildman–Crippen LogP) is 12.7. The Hall–Kier alpha value is -7.30. The van der Waals surface area contributed by atoms with E-state index in [2.05, 4.69) is 202 Å². The Morgan fingerprint density at radius 2 is 1.14 bits per heavy atom. The van der Waals surface area contributed by atoms with Crippen LogP contribution in [0.3, 0.4) is 0 Å². The summed E-state index contributed by atoms with van der Waals surface area (Å²) in [5.41, 5.74) is 22.9. The van der Waals surface area contributed by atoms with Crippen molar-refractivity contribution in [3.63, 3.8) is 0 Å². The molecule has 0 saturated carbocycles. The quantitative estimate of drug-likeness (QED) is 0.177. The second kappa shape index (κ2) is 12.4. The van der Waals surface area contributed by atoms with Gasteiger partial charge in [0.05, 0.1) is 16.4 Å². The van der Waals surface area contributed by atoms with Crippen molar-refractivity contribution >= 4 is 44.7 Å². The van der Waals surface area contributed by atoms with Crippen molar-refractivity contribution in [2.45, 2.75) is 12.3 Å². The molecule has 1 aliphatic carbocycles. The summed E-state index contributed by atoms with van der Waals surface area (Å²) >= 11 is 0. The van der Waals surface area contributed by atoms with Crippen LogP contribution >= 0.6 is 0 Å². The monoisotopic (exact) mass is 718 g/mol. The summed E-state index contributed by atoms with van der Waals surface area (Å²) < 4.78 is 4.58. The Labute approximate surface area is 325 Å². The summed E-state index contributed by atoms with van der Waals surface area (Å²) in [6.07, 6.45) is 6.19. The Kier molecular flexibility index (Phi) is 7.10. The van der Waals surface area contributed by atoms with E-state index in [4.69, 9.17) is 5.73 Å². The zero-order valence-electron chi connectivity index (χ0n) is 30.9. The molecule has 7 aromatic carbocycles. The molecule has 0 spiro atoms. The normalized spacial score (nSPS) is 13.2. The third-order valence-electron chi connectivity index (χ3n) is 11.9. The van der Waals surface area contributed by atoms with Crippen LogP contribution in [0, 0.1) is 0 Å². The first kappa shape index (κ1) is 32.2. The molecule has 56 heavy (non-hydrogen) atoms. The van der Waals surface area contributed by atoms with E-state index >= 15 is 0 Å². The number of anilines is 1. The highest BCUT2D eigenvalue weighted by Crippen LogP contribution is 2.58. The fourth-order valence-electron chi connectivity index (χ4n) is 9.61. The van der Waals surface area contributed by atoms with E-state index < -0.39 is 5.41 Å². The molecule has 4 nitrogen and oxygen atoms in total. The SMILES string of the molecule is C/C=C\c1c(N)n(-c2ccc(-c3ccc(-n4c5[nH]ccc5c5ccc6c(c54)-c4ccccc4C6(c4ccccc4)c4ccccc4)cc3)cc2)c2ccccc12. The summed E-state index contributed by atoms with van der Waals surface area (Å²) in [4.78, 5) is 3.62. The van der Waals surface area contributed by atoms with Crippen molar-refractivity contribution in [3.05, 3.63) is 216 Å². The van der Waals surface area contributed by atoms with Gasteiger partial charge in [-0.15, -0.1) is 0 Å². The highest BCUT2D eigenvalue weighted by atomic mass is 15.1. The van der Waals surface area contributed by atoms with Gasteiger partial charge in [-0.25, -0.2) is 0 Å². The standard InChI is InChI=1S/C52H38N4/c1-2-13-42-40-18-10-12-21-47(40)55(50(42)53)38-26-22-34(23-27-38)35-24-28-39(29-25-35)56-49-41(43-32-33-54-51(43)56)30-31-46-48(49)44-19-9-11-20-45(44)52(46,36-14-5-3-6-15-36)37-16-7-4-8-17-37/h2-33,54H,53H2,1H3/b13-2-. The molecule has 0 unspecified atom stereocenters. The first-order valence-corrected chi connectivity index (χ1v) is 19.3. The lowest BCUT2D eigenvalue weighted by Crippen LogP contribution is -2.28. The molecule has 0 amide bonds. The van der Waals surface area contributed by atoms with E-state index in [1.165, 1.54) is 49.7 Å². The Morgan fingerprint density at radius 3 is 1.82 bits per heavy atom. The predicted molar refractivity (Wildman–Crippen MR) is 234 cm³/mol. The molecular weight excluding hydrogens is 681 g/mol. The minimum absolute atomic E-state index is 0.465. The summed E-state index contributed by atoms with van der Waals surface area (Å²) in [6, 6.07) is 64.1. The van der Waals surface area contributed by atoms with Crippen LogP contribution in [0.2, 0.25) is 0 Å². The second-order valence-corrected chi connectivity index (χ2v) is 14.7. The number of allylic oxidation sites excluding steroid dienone is 1. The van der Waals surface area contributed by atoms with Gasteiger partial charge in [0.2, 0.25) is 0 Å². The van der Waals surface area contributed by atoms with Gasteiger partial charge in [0.15, 0.2) is 0 Å². The van der Waals surface area contributed by atoms with Crippen LogP contribution in [-0.2, 0) is 5.41 Å². The molecule has 0 bridgehead atoms. The number of benzene rings is 7. The zero-order valence-corrected chi connectivity index (χ0v) is 30.9. The van der Waals surface area contributed by atoms with E-state index in [1.807, 2.05) is 13.0 Å². The lowest BCUT2D eigenvalue weighted by Gasteiger charge is -2.33. The van der Waals surface area contributed by atoms with E-state index in [-0.39, 0.29) is 0 Å². The summed E-state index contributed by atoms with van der Waals surface area (Å²) in [6.45, 7) is 2.03. The van der Waals surface area contributed by atoms with Gasteiger partial charge in [-0.3, -0.25) is 9.13 Å². The number of rotatable bonds is 6. The first-order valence-electron chi connectivity index (χ1n) is 19.3. The molecule has 10 aromatic rings. The number of hydrogen-bond donors (Lipinski definition) is 2. The second-order valence-electron chi connectivity index (χ2n) is 14.7.